The number of hydrogen-bond acceptors (Lipinski definition) is 12. The first kappa shape index (κ1) is 30.8. The first-order valence-corrected chi connectivity index (χ1v) is 14.7. The van der Waals surface area contributed by atoms with Crippen LogP contribution >= 0.6 is 0 Å². The molecule has 1 aliphatic heterocycles. The second kappa shape index (κ2) is 11.0. The van der Waals surface area contributed by atoms with Crippen molar-refractivity contribution in [2.75, 3.05) is 33.5 Å². The Labute approximate surface area is 253 Å². The molecule has 1 saturated heterocycles. The number of carbonyl (C=O) groups is 1. The van der Waals surface area contributed by atoms with E-state index >= 15 is 0 Å². The number of methoxy groups -OCH3 is 1. The molecule has 0 amide bonds. The molecule has 0 unspecified atom stereocenters. The number of benzene rings is 1. The van der Waals surface area contributed by atoms with Gasteiger partial charge >= 0.3 is 5.97 Å². The zero-order valence-corrected chi connectivity index (χ0v) is 24.5. The molecule has 3 aliphatic carbocycles. The smallest absolute Gasteiger partial charge is 0.306 e. The van der Waals surface area contributed by atoms with Gasteiger partial charge in [0.15, 0.2) is 16.9 Å². The van der Waals surface area contributed by atoms with Gasteiger partial charge in [-0.25, -0.2) is 0 Å². The van der Waals surface area contributed by atoms with Crippen LogP contribution in [-0.2, 0) is 20.7 Å². The van der Waals surface area contributed by atoms with Gasteiger partial charge in [0.2, 0.25) is 12.0 Å². The lowest BCUT2D eigenvalue weighted by molar-refractivity contribution is -0.421. The van der Waals surface area contributed by atoms with Crippen LogP contribution in [0.2, 0.25) is 0 Å². The summed E-state index contributed by atoms with van der Waals surface area (Å²) in [7, 11) is 1.39. The van der Waals surface area contributed by atoms with Gasteiger partial charge in [-0.05, 0) is 37.0 Å². The van der Waals surface area contributed by atoms with Gasteiger partial charge in [-0.3, -0.25) is 4.79 Å². The SMILES string of the molecule is CCOC(=O)CCc1cc2ccoc2c(OC)c1O[C@H]1O[C@H](CO)[C@@]2(O)[C@H]3C=CC(CO)(CO)[C@@]4(C=CC=C[C@@H]34)[C@@]1(O)[C@H]2O. The summed E-state index contributed by atoms with van der Waals surface area (Å²) in [5, 5.41) is 69.8. The number of aliphatic hydroxyl groups is 6. The minimum absolute atomic E-state index is 0.0156. The van der Waals surface area contributed by atoms with Crippen molar-refractivity contribution in [3.8, 4) is 11.5 Å². The maximum Gasteiger partial charge on any atom is 0.306 e. The minimum atomic E-state index is -2.53. The number of aryl methyl sites for hydroxylation is 1. The number of rotatable bonds is 10. The molecule has 1 aromatic carbocycles. The van der Waals surface area contributed by atoms with Crippen LogP contribution in [0.15, 0.2) is 59.3 Å². The standard InChI is InChI=1S/C32H38O12/c1-3-41-23(36)8-7-18-14-19-10-13-42-24(19)26(40-2)25(18)44-28-32(39)27(37)31(38,22(15-33)43-28)21-9-12-29(16-34,17-35)30(32)11-5-4-6-20(21)30/h4-6,9-14,20-22,27-28,33-35,37-39H,3,7-8,15-17H2,1-2H3/t20-,21-,22+,27-,28+,30-,31-,32+/m0/s1. The molecule has 4 bridgehead atoms. The molecule has 44 heavy (non-hydrogen) atoms. The lowest BCUT2D eigenvalue weighted by Crippen LogP contribution is -2.88. The number of furan rings is 1. The van der Waals surface area contributed by atoms with E-state index in [0.717, 1.165) is 0 Å². The molecule has 8 atom stereocenters. The van der Waals surface area contributed by atoms with Crippen LogP contribution < -0.4 is 9.47 Å². The topological polar surface area (TPSA) is 189 Å². The van der Waals surface area contributed by atoms with E-state index in [9.17, 15) is 35.4 Å². The van der Waals surface area contributed by atoms with Gasteiger partial charge in [-0.2, -0.15) is 0 Å². The van der Waals surface area contributed by atoms with Crippen molar-refractivity contribution in [1.82, 2.24) is 0 Å². The molecular weight excluding hydrogens is 576 g/mol. The van der Waals surface area contributed by atoms with E-state index in [2.05, 4.69) is 0 Å². The highest BCUT2D eigenvalue weighted by molar-refractivity contribution is 5.87. The Morgan fingerprint density at radius 1 is 1.05 bits per heavy atom. The molecule has 238 valence electrons. The normalized spacial score (nSPS) is 36.2. The number of fused-ring (bicyclic) bond motifs is 4. The largest absolute Gasteiger partial charge is 0.490 e. The second-order valence-corrected chi connectivity index (χ2v) is 11.9. The maximum atomic E-state index is 13.0. The van der Waals surface area contributed by atoms with E-state index in [1.54, 1.807) is 55.5 Å². The predicted octanol–water partition coefficient (Wildman–Crippen LogP) is 0.755. The molecular formula is C32H38O12. The van der Waals surface area contributed by atoms with Crippen LogP contribution in [0.5, 0.6) is 11.5 Å². The first-order valence-electron chi connectivity index (χ1n) is 14.7. The van der Waals surface area contributed by atoms with Crippen LogP contribution in [0.1, 0.15) is 18.9 Å². The molecule has 2 heterocycles. The van der Waals surface area contributed by atoms with Gasteiger partial charge in [0.1, 0.15) is 17.8 Å². The summed E-state index contributed by atoms with van der Waals surface area (Å²) in [6, 6.07) is 3.44. The maximum absolute atomic E-state index is 13.0. The summed E-state index contributed by atoms with van der Waals surface area (Å²) < 4.78 is 29.2. The number of aliphatic hydroxyl groups excluding tert-OH is 4. The summed E-state index contributed by atoms with van der Waals surface area (Å²) in [5.74, 6) is -1.94. The summed E-state index contributed by atoms with van der Waals surface area (Å²) in [4.78, 5) is 12.3. The van der Waals surface area contributed by atoms with Gasteiger partial charge in [0.25, 0.3) is 0 Å². The molecule has 2 aromatic rings. The number of carbonyl (C=O) groups excluding carboxylic acids is 1. The summed E-state index contributed by atoms with van der Waals surface area (Å²) in [6.07, 6.45) is 6.20. The minimum Gasteiger partial charge on any atom is -0.490 e. The molecule has 12 heteroatoms. The van der Waals surface area contributed by atoms with E-state index < -0.39 is 78.2 Å². The highest BCUT2D eigenvalue weighted by Gasteiger charge is 2.83. The fourth-order valence-corrected chi connectivity index (χ4v) is 8.10. The van der Waals surface area contributed by atoms with Gasteiger partial charge in [-0.15, -0.1) is 0 Å². The number of esters is 1. The van der Waals surface area contributed by atoms with E-state index in [1.165, 1.54) is 13.4 Å². The second-order valence-electron chi connectivity index (χ2n) is 11.9. The molecule has 6 rings (SSSR count). The van der Waals surface area contributed by atoms with E-state index in [1.807, 2.05) is 0 Å². The van der Waals surface area contributed by atoms with Gasteiger partial charge in [0.05, 0.1) is 39.8 Å². The van der Waals surface area contributed by atoms with Crippen molar-refractivity contribution >= 4 is 16.9 Å². The Morgan fingerprint density at radius 3 is 2.50 bits per heavy atom. The molecule has 4 aliphatic rings. The fraction of sp³-hybridized carbons (Fsp3) is 0.531. The molecule has 6 N–H and O–H groups in total. The van der Waals surface area contributed by atoms with Crippen molar-refractivity contribution in [3.05, 3.63) is 60.4 Å². The zero-order valence-electron chi connectivity index (χ0n) is 24.5. The first-order chi connectivity index (χ1) is 21.1. The number of ether oxygens (including phenoxy) is 4. The fourth-order valence-electron chi connectivity index (χ4n) is 8.10. The van der Waals surface area contributed by atoms with Crippen LogP contribution in [0, 0.1) is 22.7 Å². The molecule has 1 saturated carbocycles. The van der Waals surface area contributed by atoms with Crippen molar-refractivity contribution in [2.24, 2.45) is 22.7 Å². The third-order valence-electron chi connectivity index (χ3n) is 10.2. The highest BCUT2D eigenvalue weighted by atomic mass is 16.7. The Kier molecular flexibility index (Phi) is 7.68. The van der Waals surface area contributed by atoms with Gasteiger partial charge < -0.3 is 54.0 Å². The summed E-state index contributed by atoms with van der Waals surface area (Å²) in [5.41, 5.74) is -7.15. The zero-order chi connectivity index (χ0) is 31.5. The average molecular weight is 615 g/mol. The van der Waals surface area contributed by atoms with Crippen LogP contribution in [0.25, 0.3) is 11.0 Å². The Balaban J connectivity index is 1.56. The van der Waals surface area contributed by atoms with E-state index in [4.69, 9.17) is 23.4 Å². The molecule has 2 fully saturated rings. The van der Waals surface area contributed by atoms with Crippen LogP contribution in [0.4, 0.5) is 0 Å². The molecule has 12 nitrogen and oxygen atoms in total. The monoisotopic (exact) mass is 614 g/mol. The lowest BCUT2D eigenvalue weighted by Gasteiger charge is -2.73. The van der Waals surface area contributed by atoms with Crippen molar-refractivity contribution in [1.29, 1.82) is 0 Å². The Bertz CT molecular complexity index is 1510. The predicted molar refractivity (Wildman–Crippen MR) is 153 cm³/mol. The van der Waals surface area contributed by atoms with Crippen LogP contribution in [-0.4, -0.2) is 99.8 Å². The summed E-state index contributed by atoms with van der Waals surface area (Å²) >= 11 is 0. The number of allylic oxidation sites excluding steroid dienone is 3. The van der Waals surface area contributed by atoms with Crippen molar-refractivity contribution in [2.45, 2.75) is 49.5 Å². The van der Waals surface area contributed by atoms with Crippen LogP contribution in [0.3, 0.4) is 0 Å². The third kappa shape index (κ3) is 3.79. The van der Waals surface area contributed by atoms with E-state index in [-0.39, 0.29) is 30.9 Å². The molecule has 0 spiro atoms. The van der Waals surface area contributed by atoms with Crippen molar-refractivity contribution < 1.29 is 58.8 Å². The van der Waals surface area contributed by atoms with Gasteiger partial charge in [0, 0.05) is 28.6 Å². The molecule has 1 aromatic heterocycles. The average Bonchev–Trinajstić information content (AvgIpc) is 3.51. The van der Waals surface area contributed by atoms with Gasteiger partial charge in [-0.1, -0.05) is 36.5 Å². The van der Waals surface area contributed by atoms with Crippen molar-refractivity contribution in [3.63, 3.8) is 0 Å². The summed E-state index contributed by atoms with van der Waals surface area (Å²) in [6.45, 7) is -0.0817. The number of hydrogen-bond donors (Lipinski definition) is 6. The molecule has 0 radical (unpaired) electrons. The third-order valence-corrected chi connectivity index (χ3v) is 10.2. The lowest BCUT2D eigenvalue weighted by atomic mass is 9.36. The Morgan fingerprint density at radius 2 is 1.82 bits per heavy atom. The Hall–Kier alpha value is -3.23. The van der Waals surface area contributed by atoms with E-state index in [0.29, 0.717) is 16.5 Å². The highest BCUT2D eigenvalue weighted by Crippen LogP contribution is 2.70. The quantitative estimate of drug-likeness (QED) is 0.163.